The summed E-state index contributed by atoms with van der Waals surface area (Å²) in [6.07, 6.45) is 0.666. The van der Waals surface area contributed by atoms with E-state index in [4.69, 9.17) is 4.74 Å². The van der Waals surface area contributed by atoms with Crippen LogP contribution in [0.2, 0.25) is 0 Å². The number of hydrogen-bond donors (Lipinski definition) is 1. The molecule has 4 rings (SSSR count). The Labute approximate surface area is 166 Å². The van der Waals surface area contributed by atoms with Crippen molar-refractivity contribution in [3.63, 3.8) is 0 Å². The van der Waals surface area contributed by atoms with Gasteiger partial charge in [-0.25, -0.2) is 4.98 Å². The van der Waals surface area contributed by atoms with E-state index in [-0.39, 0.29) is 11.8 Å². The number of hydrogen-bond acceptors (Lipinski definition) is 5. The predicted molar refractivity (Wildman–Crippen MR) is 108 cm³/mol. The lowest BCUT2D eigenvalue weighted by Crippen LogP contribution is -2.35. The lowest BCUT2D eigenvalue weighted by Gasteiger charge is -2.26. The van der Waals surface area contributed by atoms with Crippen LogP contribution in [0.5, 0.6) is 11.5 Å². The molecule has 28 heavy (non-hydrogen) atoms. The fraction of sp³-hybridized carbons (Fsp3) is 0.190. The monoisotopic (exact) mass is 393 g/mol. The van der Waals surface area contributed by atoms with Gasteiger partial charge >= 0.3 is 0 Å². The number of thiazole rings is 1. The standard InChI is InChI=1S/C21H19N3O3S/c1-14(25)22-21-23-17-11-12-24(13-19(17)28-21)20(26)16-9-5-6-10-18(16)27-15-7-3-2-4-8-15/h2-10H,11-13H2,1H3,(H,22,23,25). The molecule has 0 bridgehead atoms. The fourth-order valence-corrected chi connectivity index (χ4v) is 4.16. The minimum absolute atomic E-state index is 0.0772. The molecule has 0 unspecified atom stereocenters. The summed E-state index contributed by atoms with van der Waals surface area (Å²) in [5.74, 6) is 0.997. The third-order valence-electron chi connectivity index (χ3n) is 4.39. The molecule has 2 amide bonds. The zero-order chi connectivity index (χ0) is 19.5. The SMILES string of the molecule is CC(=O)Nc1nc2c(s1)CN(C(=O)c1ccccc1Oc1ccccc1)CC2. The largest absolute Gasteiger partial charge is 0.457 e. The van der Waals surface area contributed by atoms with Crippen LogP contribution in [-0.4, -0.2) is 28.2 Å². The minimum atomic E-state index is -0.147. The van der Waals surface area contributed by atoms with Gasteiger partial charge in [-0.2, -0.15) is 0 Å². The van der Waals surface area contributed by atoms with Crippen molar-refractivity contribution >= 4 is 28.3 Å². The zero-order valence-electron chi connectivity index (χ0n) is 15.3. The first-order valence-corrected chi connectivity index (χ1v) is 9.79. The molecule has 2 aromatic carbocycles. The molecule has 0 atom stereocenters. The molecule has 1 N–H and O–H groups in total. The molecule has 0 spiro atoms. The van der Waals surface area contributed by atoms with Gasteiger partial charge in [-0.05, 0) is 24.3 Å². The molecule has 1 aliphatic heterocycles. The minimum Gasteiger partial charge on any atom is -0.457 e. The highest BCUT2D eigenvalue weighted by Gasteiger charge is 2.26. The van der Waals surface area contributed by atoms with Crippen molar-refractivity contribution in [3.8, 4) is 11.5 Å². The second kappa shape index (κ2) is 7.82. The Balaban J connectivity index is 1.54. The van der Waals surface area contributed by atoms with Crippen molar-refractivity contribution in [2.45, 2.75) is 19.9 Å². The van der Waals surface area contributed by atoms with Gasteiger partial charge in [-0.1, -0.05) is 41.7 Å². The number of anilines is 1. The van der Waals surface area contributed by atoms with Gasteiger partial charge in [0.2, 0.25) is 5.91 Å². The van der Waals surface area contributed by atoms with Gasteiger partial charge in [0.05, 0.1) is 17.8 Å². The first-order valence-electron chi connectivity index (χ1n) is 8.97. The van der Waals surface area contributed by atoms with Crippen LogP contribution in [0.1, 0.15) is 27.9 Å². The van der Waals surface area contributed by atoms with Gasteiger partial charge in [0.15, 0.2) is 5.13 Å². The summed E-state index contributed by atoms with van der Waals surface area (Å²) >= 11 is 1.42. The predicted octanol–water partition coefficient (Wildman–Crippen LogP) is 4.09. The summed E-state index contributed by atoms with van der Waals surface area (Å²) in [4.78, 5) is 31.7. The number of fused-ring (bicyclic) bond motifs is 1. The van der Waals surface area contributed by atoms with Crippen LogP contribution >= 0.6 is 11.3 Å². The van der Waals surface area contributed by atoms with Crippen LogP contribution in [0.15, 0.2) is 54.6 Å². The number of carbonyl (C=O) groups is 2. The normalized spacial score (nSPS) is 13.0. The molecule has 0 saturated heterocycles. The molecule has 142 valence electrons. The Morgan fingerprint density at radius 1 is 1.11 bits per heavy atom. The van der Waals surface area contributed by atoms with Crippen molar-refractivity contribution in [2.75, 3.05) is 11.9 Å². The van der Waals surface area contributed by atoms with E-state index in [0.717, 1.165) is 10.6 Å². The van der Waals surface area contributed by atoms with E-state index in [1.807, 2.05) is 42.5 Å². The van der Waals surface area contributed by atoms with E-state index >= 15 is 0 Å². The molecule has 0 aliphatic carbocycles. The molecule has 1 aliphatic rings. The van der Waals surface area contributed by atoms with Crippen molar-refractivity contribution in [2.24, 2.45) is 0 Å². The van der Waals surface area contributed by atoms with Crippen LogP contribution in [0, 0.1) is 0 Å². The van der Waals surface area contributed by atoms with Crippen LogP contribution < -0.4 is 10.1 Å². The highest BCUT2D eigenvalue weighted by molar-refractivity contribution is 7.15. The molecule has 0 radical (unpaired) electrons. The Hall–Kier alpha value is -3.19. The van der Waals surface area contributed by atoms with Gasteiger partial charge in [-0.15, -0.1) is 0 Å². The lowest BCUT2D eigenvalue weighted by molar-refractivity contribution is -0.114. The number of para-hydroxylation sites is 2. The van der Waals surface area contributed by atoms with Crippen LogP contribution in [-0.2, 0) is 17.8 Å². The lowest BCUT2D eigenvalue weighted by atomic mass is 10.1. The maximum atomic E-state index is 13.2. The first-order chi connectivity index (χ1) is 13.6. The number of amides is 2. The Morgan fingerprint density at radius 3 is 2.64 bits per heavy atom. The van der Waals surface area contributed by atoms with Gasteiger partial charge in [-0.3, -0.25) is 9.59 Å². The van der Waals surface area contributed by atoms with E-state index in [2.05, 4.69) is 10.3 Å². The first kappa shape index (κ1) is 18.2. The average Bonchev–Trinajstić information content (AvgIpc) is 3.09. The van der Waals surface area contributed by atoms with Crippen molar-refractivity contribution in [1.82, 2.24) is 9.88 Å². The van der Waals surface area contributed by atoms with E-state index < -0.39 is 0 Å². The average molecular weight is 393 g/mol. The number of nitrogens with one attached hydrogen (secondary N) is 1. The molecule has 3 aromatic rings. The van der Waals surface area contributed by atoms with Gasteiger partial charge < -0.3 is 15.0 Å². The molecular weight excluding hydrogens is 374 g/mol. The maximum Gasteiger partial charge on any atom is 0.257 e. The third-order valence-corrected chi connectivity index (χ3v) is 5.39. The summed E-state index contributed by atoms with van der Waals surface area (Å²) in [7, 11) is 0. The molecule has 0 fully saturated rings. The third kappa shape index (κ3) is 3.89. The van der Waals surface area contributed by atoms with E-state index in [1.54, 1.807) is 17.0 Å². The summed E-state index contributed by atoms with van der Waals surface area (Å²) in [5, 5.41) is 3.30. The number of benzene rings is 2. The molecule has 7 heteroatoms. The number of ether oxygens (including phenoxy) is 1. The van der Waals surface area contributed by atoms with Gasteiger partial charge in [0.25, 0.3) is 5.91 Å². The molecule has 0 saturated carbocycles. The number of aromatic nitrogens is 1. The summed E-state index contributed by atoms with van der Waals surface area (Å²) < 4.78 is 5.93. The molecule has 1 aromatic heterocycles. The second-order valence-corrected chi connectivity index (χ2v) is 7.54. The van der Waals surface area contributed by atoms with E-state index in [1.165, 1.54) is 18.3 Å². The number of nitrogens with zero attached hydrogens (tertiary/aromatic N) is 2. The second-order valence-electron chi connectivity index (χ2n) is 6.46. The van der Waals surface area contributed by atoms with Gasteiger partial charge in [0, 0.05) is 24.8 Å². The van der Waals surface area contributed by atoms with Crippen molar-refractivity contribution < 1.29 is 14.3 Å². The smallest absolute Gasteiger partial charge is 0.257 e. The van der Waals surface area contributed by atoms with E-state index in [0.29, 0.717) is 41.7 Å². The van der Waals surface area contributed by atoms with Crippen molar-refractivity contribution in [1.29, 1.82) is 0 Å². The fourth-order valence-electron chi connectivity index (χ4n) is 3.09. The molecular formula is C21H19N3O3S. The summed E-state index contributed by atoms with van der Waals surface area (Å²) in [6.45, 7) is 2.51. The molecule has 6 nitrogen and oxygen atoms in total. The highest BCUT2D eigenvalue weighted by atomic mass is 32.1. The Bertz CT molecular complexity index is 1020. The van der Waals surface area contributed by atoms with Crippen LogP contribution in [0.4, 0.5) is 5.13 Å². The van der Waals surface area contributed by atoms with E-state index in [9.17, 15) is 9.59 Å². The Morgan fingerprint density at radius 2 is 1.86 bits per heavy atom. The van der Waals surface area contributed by atoms with Crippen LogP contribution in [0.3, 0.4) is 0 Å². The maximum absolute atomic E-state index is 13.2. The topological polar surface area (TPSA) is 71.5 Å². The van der Waals surface area contributed by atoms with Crippen molar-refractivity contribution in [3.05, 3.63) is 70.7 Å². The number of carbonyl (C=O) groups excluding carboxylic acids is 2. The zero-order valence-corrected chi connectivity index (χ0v) is 16.2. The molecule has 2 heterocycles. The Kier molecular flexibility index (Phi) is 5.08. The van der Waals surface area contributed by atoms with Gasteiger partial charge in [0.1, 0.15) is 11.5 Å². The van der Waals surface area contributed by atoms with Crippen LogP contribution in [0.25, 0.3) is 0 Å². The summed E-state index contributed by atoms with van der Waals surface area (Å²) in [5.41, 5.74) is 1.48. The quantitative estimate of drug-likeness (QED) is 0.725. The number of rotatable bonds is 4. The summed E-state index contributed by atoms with van der Waals surface area (Å²) in [6, 6.07) is 16.7. The highest BCUT2D eigenvalue weighted by Crippen LogP contribution is 2.31.